The summed E-state index contributed by atoms with van der Waals surface area (Å²) in [6.45, 7) is 20.8. The zero-order chi connectivity index (χ0) is 36.5. The molecule has 12 nitrogen and oxygen atoms in total. The van der Waals surface area contributed by atoms with E-state index in [9.17, 15) is 19.2 Å². The van der Waals surface area contributed by atoms with Crippen LogP contribution in [0.25, 0.3) is 0 Å². The average molecular weight is 708 g/mol. The van der Waals surface area contributed by atoms with Crippen LogP contribution in [0, 0.1) is 5.41 Å². The van der Waals surface area contributed by atoms with Gasteiger partial charge in [0, 0.05) is 47.2 Å². The van der Waals surface area contributed by atoms with Gasteiger partial charge in [-0.15, -0.1) is 11.8 Å². The number of hydrogen-bond donors (Lipinski definition) is 0. The number of carbonyl (C=O) groups excluding carboxylic acids is 4. The number of thioether (sulfide) groups is 1. The number of morpholine rings is 1. The second-order valence-corrected chi connectivity index (χ2v) is 12.2. The van der Waals surface area contributed by atoms with E-state index in [0.29, 0.717) is 19.6 Å². The summed E-state index contributed by atoms with van der Waals surface area (Å²) in [6, 6.07) is 7.87. The highest BCUT2D eigenvalue weighted by molar-refractivity contribution is 7.98. The fourth-order valence-electron chi connectivity index (χ4n) is 4.44. The third-order valence-corrected chi connectivity index (χ3v) is 8.34. The maximum absolute atomic E-state index is 12.7. The second kappa shape index (κ2) is 24.7. The van der Waals surface area contributed by atoms with Gasteiger partial charge in [-0.1, -0.05) is 38.8 Å². The van der Waals surface area contributed by atoms with E-state index < -0.39 is 28.9 Å². The summed E-state index contributed by atoms with van der Waals surface area (Å²) in [5.74, 6) is -1.37. The van der Waals surface area contributed by atoms with Crippen LogP contribution in [0.4, 0.5) is 0 Å². The molecule has 1 saturated heterocycles. The number of nitrogens with zero attached hydrogens (tertiary/aromatic N) is 1. The van der Waals surface area contributed by atoms with Crippen LogP contribution in [0.15, 0.2) is 67.1 Å². The molecule has 1 heterocycles. The molecule has 0 amide bonds. The molecule has 0 aromatic heterocycles. The van der Waals surface area contributed by atoms with E-state index in [0.717, 1.165) is 36.9 Å². The Bertz CT molecular complexity index is 1110. The number of carbonyl (C=O) groups is 4. The van der Waals surface area contributed by atoms with Gasteiger partial charge >= 0.3 is 17.9 Å². The summed E-state index contributed by atoms with van der Waals surface area (Å²) in [5.41, 5.74) is -0.174. The van der Waals surface area contributed by atoms with Gasteiger partial charge in [0.05, 0.1) is 58.4 Å². The number of rotatable bonds is 23. The van der Waals surface area contributed by atoms with Crippen molar-refractivity contribution < 1.29 is 52.3 Å². The van der Waals surface area contributed by atoms with E-state index in [1.807, 2.05) is 51.3 Å². The van der Waals surface area contributed by atoms with E-state index in [4.69, 9.17) is 33.2 Å². The van der Waals surface area contributed by atoms with Gasteiger partial charge in [-0.05, 0) is 38.7 Å². The summed E-state index contributed by atoms with van der Waals surface area (Å²) in [6.07, 6.45) is 5.94. The number of ether oxygens (including phenoxy) is 7. The van der Waals surface area contributed by atoms with E-state index >= 15 is 0 Å². The monoisotopic (exact) mass is 707 g/mol. The molecule has 1 fully saturated rings. The first kappa shape index (κ1) is 43.7. The normalized spacial score (nSPS) is 13.3. The Kier molecular flexibility index (Phi) is 22.1. The molecule has 0 atom stereocenters. The Morgan fingerprint density at radius 3 is 1.51 bits per heavy atom. The molecule has 0 unspecified atom stereocenters. The number of Topliss-reactive ketones (excluding diaryl/α,β-unsaturated/α-hetero) is 1. The van der Waals surface area contributed by atoms with Crippen LogP contribution in [-0.4, -0.2) is 126 Å². The first-order valence-corrected chi connectivity index (χ1v) is 17.3. The Labute approximate surface area is 295 Å². The van der Waals surface area contributed by atoms with Gasteiger partial charge < -0.3 is 33.2 Å². The van der Waals surface area contributed by atoms with Crippen molar-refractivity contribution in [3.05, 3.63) is 67.8 Å². The first-order chi connectivity index (χ1) is 23.5. The third-order valence-electron chi connectivity index (χ3n) is 7.60. The van der Waals surface area contributed by atoms with Crippen molar-refractivity contribution in [2.45, 2.75) is 37.6 Å². The van der Waals surface area contributed by atoms with Crippen LogP contribution >= 0.6 is 11.8 Å². The zero-order valence-electron chi connectivity index (χ0n) is 29.4. The van der Waals surface area contributed by atoms with Crippen molar-refractivity contribution in [2.24, 2.45) is 5.41 Å². The summed E-state index contributed by atoms with van der Waals surface area (Å²) in [4.78, 5) is 49.2. The summed E-state index contributed by atoms with van der Waals surface area (Å²) < 4.78 is 36.9. The van der Waals surface area contributed by atoms with E-state index in [1.165, 1.54) is 4.90 Å². The SMILES string of the molecule is C=CC(=O)OCCOCC(CC)(COCCOC(=O)C=C)COCCOC(=O)C=C.CSc1ccc(C(=O)C(C)(C)N2CCOCC2)cc1. The maximum Gasteiger partial charge on any atom is 0.330 e. The van der Waals surface area contributed by atoms with Gasteiger partial charge in [0.15, 0.2) is 5.78 Å². The molecule has 0 radical (unpaired) electrons. The lowest BCUT2D eigenvalue weighted by atomic mass is 9.88. The largest absolute Gasteiger partial charge is 0.460 e. The van der Waals surface area contributed by atoms with E-state index in [1.54, 1.807) is 11.8 Å². The molecular weight excluding hydrogens is 654 g/mol. The van der Waals surface area contributed by atoms with E-state index in [-0.39, 0.29) is 65.2 Å². The minimum Gasteiger partial charge on any atom is -0.460 e. The molecule has 0 spiro atoms. The highest BCUT2D eigenvalue weighted by Crippen LogP contribution is 2.25. The van der Waals surface area contributed by atoms with Crippen molar-refractivity contribution in [1.82, 2.24) is 4.90 Å². The van der Waals surface area contributed by atoms with Gasteiger partial charge in [-0.2, -0.15) is 0 Å². The number of esters is 3. The molecule has 2 rings (SSSR count). The second-order valence-electron chi connectivity index (χ2n) is 11.3. The van der Waals surface area contributed by atoms with Gasteiger partial charge in [-0.25, -0.2) is 14.4 Å². The topological polar surface area (TPSA) is 136 Å². The first-order valence-electron chi connectivity index (χ1n) is 16.1. The van der Waals surface area contributed by atoms with Crippen LogP contribution in [0.1, 0.15) is 37.6 Å². The van der Waals surface area contributed by atoms with Crippen molar-refractivity contribution in [3.8, 4) is 0 Å². The summed E-state index contributed by atoms with van der Waals surface area (Å²) >= 11 is 1.69. The van der Waals surface area contributed by atoms with Gasteiger partial charge in [0.25, 0.3) is 0 Å². The van der Waals surface area contributed by atoms with Crippen LogP contribution in [0.3, 0.4) is 0 Å². The lowest BCUT2D eigenvalue weighted by Gasteiger charge is -2.39. The van der Waals surface area contributed by atoms with E-state index in [2.05, 4.69) is 24.6 Å². The Balaban J connectivity index is 0.000000537. The Morgan fingerprint density at radius 1 is 0.755 bits per heavy atom. The molecule has 0 saturated carbocycles. The van der Waals surface area contributed by atoms with Crippen LogP contribution in [-0.2, 0) is 47.5 Å². The molecule has 0 N–H and O–H groups in total. The fraction of sp³-hybridized carbons (Fsp3) is 0.556. The Hall–Kier alpha value is -3.33. The minimum absolute atomic E-state index is 0.0986. The quantitative estimate of drug-likeness (QED) is 0.0399. The molecule has 49 heavy (non-hydrogen) atoms. The molecule has 1 aliphatic heterocycles. The standard InChI is InChI=1S/C21H32O9.C15H21NO2S/c1-5-18(22)28-12-9-25-15-21(8-4,16-26-10-13-29-19(23)6-2)17-27-11-14-30-20(24)7-3;1-15(2,16-8-10-18-11-9-16)14(17)12-4-6-13(19-3)7-5-12/h5-7H,1-3,8-17H2,4H3;4-7H,8-11H2,1-3H3. The molecule has 274 valence electrons. The van der Waals surface area contributed by atoms with Gasteiger partial charge in [0.1, 0.15) is 19.8 Å². The predicted octanol–water partition coefficient (Wildman–Crippen LogP) is 4.32. The zero-order valence-corrected chi connectivity index (χ0v) is 30.2. The third kappa shape index (κ3) is 17.2. The highest BCUT2D eigenvalue weighted by Gasteiger charge is 2.36. The number of hydrogen-bond acceptors (Lipinski definition) is 13. The maximum atomic E-state index is 12.7. The summed E-state index contributed by atoms with van der Waals surface area (Å²) in [5, 5.41) is 0. The van der Waals surface area contributed by atoms with Crippen molar-refractivity contribution >= 4 is 35.5 Å². The van der Waals surface area contributed by atoms with Crippen LogP contribution in [0.2, 0.25) is 0 Å². The lowest BCUT2D eigenvalue weighted by molar-refractivity contribution is -0.141. The average Bonchev–Trinajstić information content (AvgIpc) is 3.13. The van der Waals surface area contributed by atoms with Crippen LogP contribution in [0.5, 0.6) is 0 Å². The smallest absolute Gasteiger partial charge is 0.330 e. The molecule has 13 heteroatoms. The fourth-order valence-corrected chi connectivity index (χ4v) is 4.85. The highest BCUT2D eigenvalue weighted by atomic mass is 32.2. The molecule has 1 aromatic carbocycles. The molecule has 0 bridgehead atoms. The Morgan fingerprint density at radius 2 is 1.16 bits per heavy atom. The molecule has 1 aliphatic rings. The minimum atomic E-state index is -0.518. The molecular formula is C36H53NO11S. The van der Waals surface area contributed by atoms with Crippen molar-refractivity contribution in [1.29, 1.82) is 0 Å². The van der Waals surface area contributed by atoms with Crippen LogP contribution < -0.4 is 0 Å². The molecule has 1 aromatic rings. The number of ketones is 1. The lowest BCUT2D eigenvalue weighted by Crippen LogP contribution is -2.54. The summed E-state index contributed by atoms with van der Waals surface area (Å²) in [7, 11) is 0. The van der Waals surface area contributed by atoms with Gasteiger partial charge in [-0.3, -0.25) is 9.69 Å². The van der Waals surface area contributed by atoms with Crippen molar-refractivity contribution in [3.63, 3.8) is 0 Å². The van der Waals surface area contributed by atoms with Crippen molar-refractivity contribution in [2.75, 3.05) is 92.0 Å². The predicted molar refractivity (Wildman–Crippen MR) is 188 cm³/mol. The molecule has 0 aliphatic carbocycles. The van der Waals surface area contributed by atoms with Gasteiger partial charge in [0.2, 0.25) is 0 Å². The number of benzene rings is 1.